The number of hydrogen-bond acceptors (Lipinski definition) is 4. The van der Waals surface area contributed by atoms with E-state index in [1.54, 1.807) is 37.4 Å². The monoisotopic (exact) mass is 287 g/mol. The highest BCUT2D eigenvalue weighted by Gasteiger charge is 2.08. The van der Waals surface area contributed by atoms with E-state index < -0.39 is 0 Å². The van der Waals surface area contributed by atoms with Gasteiger partial charge in [-0.2, -0.15) is 0 Å². The van der Waals surface area contributed by atoms with E-state index in [0.29, 0.717) is 22.7 Å². The number of para-hydroxylation sites is 1. The normalized spacial score (nSPS) is 10.0. The summed E-state index contributed by atoms with van der Waals surface area (Å²) in [5.74, 6) is 0.822. The number of ether oxygens (including phenoxy) is 2. The van der Waals surface area contributed by atoms with Crippen molar-refractivity contribution in [3.8, 4) is 11.5 Å². The topological polar surface area (TPSA) is 67.8 Å². The van der Waals surface area contributed by atoms with Crippen molar-refractivity contribution >= 4 is 11.6 Å². The van der Waals surface area contributed by atoms with Gasteiger partial charge in [-0.15, -0.1) is 0 Å². The Balaban J connectivity index is 1.95. The van der Waals surface area contributed by atoms with Gasteiger partial charge in [0.15, 0.2) is 6.61 Å². The summed E-state index contributed by atoms with van der Waals surface area (Å²) < 4.78 is 10.5. The Kier molecular flexibility index (Phi) is 5.17. The largest absolute Gasteiger partial charge is 0.497 e. The number of methoxy groups -OCH3 is 1. The number of aliphatic hydroxyl groups is 1. The first kappa shape index (κ1) is 14.9. The van der Waals surface area contributed by atoms with Gasteiger partial charge in [-0.05, 0) is 30.3 Å². The van der Waals surface area contributed by atoms with E-state index in [0.717, 1.165) is 0 Å². The number of carbonyl (C=O) groups is 1. The molecule has 2 N–H and O–H groups in total. The van der Waals surface area contributed by atoms with Crippen molar-refractivity contribution in [2.45, 2.75) is 6.61 Å². The number of amides is 1. The van der Waals surface area contributed by atoms with Gasteiger partial charge in [-0.25, -0.2) is 0 Å². The molecule has 0 saturated heterocycles. The van der Waals surface area contributed by atoms with E-state index in [9.17, 15) is 9.90 Å². The minimum atomic E-state index is -0.263. The van der Waals surface area contributed by atoms with Crippen LogP contribution in [0.15, 0.2) is 48.5 Å². The van der Waals surface area contributed by atoms with E-state index in [1.165, 1.54) is 0 Å². The van der Waals surface area contributed by atoms with Gasteiger partial charge < -0.3 is 19.9 Å². The van der Waals surface area contributed by atoms with Crippen molar-refractivity contribution in [2.75, 3.05) is 19.0 Å². The van der Waals surface area contributed by atoms with Gasteiger partial charge in [0.05, 0.1) is 13.7 Å². The summed E-state index contributed by atoms with van der Waals surface area (Å²) in [5.41, 5.74) is 1.28. The summed E-state index contributed by atoms with van der Waals surface area (Å²) in [6.45, 7) is -0.318. The van der Waals surface area contributed by atoms with Crippen LogP contribution in [0.4, 0.5) is 5.69 Å². The van der Waals surface area contributed by atoms with E-state index in [2.05, 4.69) is 5.32 Å². The standard InChI is InChI=1S/C16H17NO4/c1-20-14-7-8-15(12(9-14)10-18)21-11-16(19)17-13-5-3-2-4-6-13/h2-9,18H,10-11H2,1H3,(H,17,19). The number of rotatable bonds is 6. The number of aliphatic hydroxyl groups excluding tert-OH is 1. The maximum absolute atomic E-state index is 11.8. The predicted molar refractivity (Wildman–Crippen MR) is 79.5 cm³/mol. The van der Waals surface area contributed by atoms with Gasteiger partial charge in [0.25, 0.3) is 5.91 Å². The second-order valence-electron chi connectivity index (χ2n) is 4.33. The Labute approximate surface area is 123 Å². The van der Waals surface area contributed by atoms with Gasteiger partial charge in [0.2, 0.25) is 0 Å². The van der Waals surface area contributed by atoms with Crippen molar-refractivity contribution in [3.05, 3.63) is 54.1 Å². The van der Waals surface area contributed by atoms with Crippen LogP contribution in [0.25, 0.3) is 0 Å². The lowest BCUT2D eigenvalue weighted by atomic mass is 10.2. The molecular formula is C16H17NO4. The Morgan fingerprint density at radius 2 is 1.95 bits per heavy atom. The highest BCUT2D eigenvalue weighted by molar-refractivity contribution is 5.91. The summed E-state index contributed by atoms with van der Waals surface area (Å²) >= 11 is 0. The van der Waals surface area contributed by atoms with Gasteiger partial charge in [0.1, 0.15) is 11.5 Å². The summed E-state index contributed by atoms with van der Waals surface area (Å²) in [7, 11) is 1.55. The van der Waals surface area contributed by atoms with Crippen molar-refractivity contribution < 1.29 is 19.4 Å². The first-order chi connectivity index (χ1) is 10.2. The Morgan fingerprint density at radius 1 is 1.19 bits per heavy atom. The second kappa shape index (κ2) is 7.31. The lowest BCUT2D eigenvalue weighted by molar-refractivity contribution is -0.118. The molecule has 0 fully saturated rings. The van der Waals surface area contributed by atoms with Crippen LogP contribution in [0.2, 0.25) is 0 Å². The number of anilines is 1. The van der Waals surface area contributed by atoms with E-state index in [1.807, 2.05) is 18.2 Å². The van der Waals surface area contributed by atoms with Crippen molar-refractivity contribution in [3.63, 3.8) is 0 Å². The number of hydrogen-bond donors (Lipinski definition) is 2. The summed E-state index contributed by atoms with van der Waals surface area (Å²) in [6, 6.07) is 14.2. The zero-order valence-corrected chi connectivity index (χ0v) is 11.7. The Bertz CT molecular complexity index is 598. The minimum absolute atomic E-state index is 0.131. The van der Waals surface area contributed by atoms with E-state index in [4.69, 9.17) is 9.47 Å². The molecule has 0 aliphatic rings. The third-order valence-corrected chi connectivity index (χ3v) is 2.85. The molecule has 0 heterocycles. The van der Waals surface area contributed by atoms with Crippen LogP contribution in [0.5, 0.6) is 11.5 Å². The molecule has 21 heavy (non-hydrogen) atoms. The fourth-order valence-electron chi connectivity index (χ4n) is 1.81. The van der Waals surface area contributed by atoms with Crippen LogP contribution in [0, 0.1) is 0 Å². The molecular weight excluding hydrogens is 270 g/mol. The number of carbonyl (C=O) groups excluding carboxylic acids is 1. The molecule has 0 aromatic heterocycles. The van der Waals surface area contributed by atoms with Crippen molar-refractivity contribution in [1.29, 1.82) is 0 Å². The molecule has 2 aromatic carbocycles. The van der Waals surface area contributed by atoms with E-state index >= 15 is 0 Å². The van der Waals surface area contributed by atoms with Crippen LogP contribution in [0.3, 0.4) is 0 Å². The van der Waals surface area contributed by atoms with Crippen LogP contribution in [0.1, 0.15) is 5.56 Å². The first-order valence-corrected chi connectivity index (χ1v) is 6.48. The average molecular weight is 287 g/mol. The van der Waals surface area contributed by atoms with Crippen molar-refractivity contribution in [2.24, 2.45) is 0 Å². The molecule has 5 heteroatoms. The quantitative estimate of drug-likeness (QED) is 0.854. The number of nitrogens with one attached hydrogen (secondary N) is 1. The lowest BCUT2D eigenvalue weighted by Crippen LogP contribution is -2.20. The van der Waals surface area contributed by atoms with Crippen LogP contribution < -0.4 is 14.8 Å². The predicted octanol–water partition coefficient (Wildman–Crippen LogP) is 2.21. The molecule has 5 nitrogen and oxygen atoms in total. The SMILES string of the molecule is COc1ccc(OCC(=O)Nc2ccccc2)c(CO)c1. The molecule has 0 unspecified atom stereocenters. The van der Waals surface area contributed by atoms with Gasteiger partial charge in [-0.3, -0.25) is 4.79 Å². The van der Waals surface area contributed by atoms with Crippen LogP contribution in [-0.2, 0) is 11.4 Å². The Morgan fingerprint density at radius 3 is 2.62 bits per heavy atom. The first-order valence-electron chi connectivity index (χ1n) is 6.48. The minimum Gasteiger partial charge on any atom is -0.497 e. The maximum Gasteiger partial charge on any atom is 0.262 e. The molecule has 0 bridgehead atoms. The number of benzene rings is 2. The molecule has 0 aliphatic carbocycles. The fraction of sp³-hybridized carbons (Fsp3) is 0.188. The Hall–Kier alpha value is -2.53. The molecule has 0 aliphatic heterocycles. The van der Waals surface area contributed by atoms with Crippen LogP contribution >= 0.6 is 0 Å². The van der Waals surface area contributed by atoms with E-state index in [-0.39, 0.29) is 19.1 Å². The van der Waals surface area contributed by atoms with Crippen molar-refractivity contribution in [1.82, 2.24) is 0 Å². The second-order valence-corrected chi connectivity index (χ2v) is 4.33. The van der Waals surface area contributed by atoms with Crippen LogP contribution in [-0.4, -0.2) is 24.7 Å². The lowest BCUT2D eigenvalue weighted by Gasteiger charge is -2.11. The molecule has 110 valence electrons. The highest BCUT2D eigenvalue weighted by atomic mass is 16.5. The third kappa shape index (κ3) is 4.22. The molecule has 2 aromatic rings. The highest BCUT2D eigenvalue weighted by Crippen LogP contribution is 2.24. The van der Waals surface area contributed by atoms with Gasteiger partial charge in [0, 0.05) is 11.3 Å². The summed E-state index contributed by atoms with van der Waals surface area (Å²) in [5, 5.41) is 12.0. The zero-order valence-electron chi connectivity index (χ0n) is 11.7. The molecule has 0 saturated carbocycles. The zero-order chi connectivity index (χ0) is 15.1. The average Bonchev–Trinajstić information content (AvgIpc) is 2.53. The molecule has 2 rings (SSSR count). The molecule has 0 spiro atoms. The fourth-order valence-corrected chi connectivity index (χ4v) is 1.81. The third-order valence-electron chi connectivity index (χ3n) is 2.85. The van der Waals surface area contributed by atoms with Gasteiger partial charge >= 0.3 is 0 Å². The molecule has 1 amide bonds. The smallest absolute Gasteiger partial charge is 0.262 e. The summed E-state index contributed by atoms with van der Waals surface area (Å²) in [6.07, 6.45) is 0. The summed E-state index contributed by atoms with van der Waals surface area (Å²) in [4.78, 5) is 11.8. The molecule has 0 atom stereocenters. The molecule has 0 radical (unpaired) electrons. The maximum atomic E-state index is 11.8. The van der Waals surface area contributed by atoms with Gasteiger partial charge in [-0.1, -0.05) is 18.2 Å².